The minimum atomic E-state index is 0.593. The standard InChI is InChI=1S/C8H14IN3/c9-7(5-10)6-12-8-1-3-11-4-2-8/h5-6,8,10-12H,1-4H2/b7-6+,10-5?. The first kappa shape index (κ1) is 9.98. The molecule has 0 saturated carbocycles. The molecule has 0 spiro atoms. The van der Waals surface area contributed by atoms with Gasteiger partial charge in [-0.1, -0.05) is 0 Å². The molecule has 4 heteroatoms. The van der Waals surface area contributed by atoms with Gasteiger partial charge in [-0.15, -0.1) is 0 Å². The Bertz CT molecular complexity index is 173. The number of halogens is 1. The van der Waals surface area contributed by atoms with Gasteiger partial charge in [0, 0.05) is 22.0 Å². The molecular weight excluding hydrogens is 265 g/mol. The average molecular weight is 279 g/mol. The van der Waals surface area contributed by atoms with Crippen molar-refractivity contribution in [3.63, 3.8) is 0 Å². The molecule has 0 unspecified atom stereocenters. The maximum atomic E-state index is 6.97. The molecule has 0 aliphatic carbocycles. The van der Waals surface area contributed by atoms with E-state index in [0.29, 0.717) is 6.04 Å². The summed E-state index contributed by atoms with van der Waals surface area (Å²) in [5, 5.41) is 13.6. The Morgan fingerprint density at radius 3 is 2.75 bits per heavy atom. The summed E-state index contributed by atoms with van der Waals surface area (Å²) in [6.45, 7) is 2.21. The van der Waals surface area contributed by atoms with Crippen LogP contribution in [0.2, 0.25) is 0 Å². The van der Waals surface area contributed by atoms with Gasteiger partial charge in [0.1, 0.15) is 0 Å². The molecule has 0 aromatic heterocycles. The minimum Gasteiger partial charge on any atom is -0.387 e. The molecule has 0 radical (unpaired) electrons. The average Bonchev–Trinajstić information content (AvgIpc) is 2.16. The first-order valence-electron chi connectivity index (χ1n) is 4.16. The second kappa shape index (κ2) is 5.53. The van der Waals surface area contributed by atoms with E-state index >= 15 is 0 Å². The molecule has 1 aliphatic rings. The zero-order valence-corrected chi connectivity index (χ0v) is 9.10. The van der Waals surface area contributed by atoms with Gasteiger partial charge in [0.15, 0.2) is 0 Å². The molecule has 1 aliphatic heterocycles. The Morgan fingerprint density at radius 2 is 2.17 bits per heavy atom. The van der Waals surface area contributed by atoms with Crippen LogP contribution in [-0.2, 0) is 0 Å². The normalized spacial score (nSPS) is 20.6. The summed E-state index contributed by atoms with van der Waals surface area (Å²) >= 11 is 2.14. The molecule has 1 rings (SSSR count). The van der Waals surface area contributed by atoms with Crippen molar-refractivity contribution in [2.45, 2.75) is 18.9 Å². The highest BCUT2D eigenvalue weighted by Gasteiger charge is 2.09. The Labute approximate surface area is 86.6 Å². The minimum absolute atomic E-state index is 0.593. The van der Waals surface area contributed by atoms with Crippen molar-refractivity contribution in [1.29, 1.82) is 5.41 Å². The fourth-order valence-electron chi connectivity index (χ4n) is 1.23. The van der Waals surface area contributed by atoms with Crippen molar-refractivity contribution in [1.82, 2.24) is 10.6 Å². The third kappa shape index (κ3) is 3.53. The highest BCUT2D eigenvalue weighted by atomic mass is 127. The molecule has 1 fully saturated rings. The molecule has 0 bridgehead atoms. The molecule has 0 aromatic carbocycles. The number of rotatable bonds is 3. The first-order valence-corrected chi connectivity index (χ1v) is 5.23. The fourth-order valence-corrected chi connectivity index (χ4v) is 1.41. The van der Waals surface area contributed by atoms with Gasteiger partial charge in [0.2, 0.25) is 0 Å². The van der Waals surface area contributed by atoms with E-state index in [0.717, 1.165) is 16.7 Å². The SMILES string of the molecule is N=C/C(I)=C\NC1CCNCC1. The number of hydrogen-bond acceptors (Lipinski definition) is 3. The molecule has 0 aromatic rings. The predicted octanol–water partition coefficient (Wildman–Crippen LogP) is 1.25. The van der Waals surface area contributed by atoms with Crippen molar-refractivity contribution in [2.24, 2.45) is 0 Å². The molecular formula is C8H14IN3. The largest absolute Gasteiger partial charge is 0.387 e. The third-order valence-electron chi connectivity index (χ3n) is 1.93. The van der Waals surface area contributed by atoms with Crippen molar-refractivity contribution in [2.75, 3.05) is 13.1 Å². The van der Waals surface area contributed by atoms with E-state index in [2.05, 4.69) is 33.2 Å². The molecule has 12 heavy (non-hydrogen) atoms. The lowest BCUT2D eigenvalue weighted by molar-refractivity contribution is 0.420. The summed E-state index contributed by atoms with van der Waals surface area (Å²) in [5.74, 6) is 0. The zero-order valence-electron chi connectivity index (χ0n) is 6.94. The third-order valence-corrected chi connectivity index (χ3v) is 2.56. The van der Waals surface area contributed by atoms with Gasteiger partial charge in [0.25, 0.3) is 0 Å². The van der Waals surface area contributed by atoms with Crippen LogP contribution in [-0.4, -0.2) is 25.3 Å². The summed E-state index contributed by atoms with van der Waals surface area (Å²) in [7, 11) is 0. The van der Waals surface area contributed by atoms with E-state index in [-0.39, 0.29) is 0 Å². The highest BCUT2D eigenvalue weighted by Crippen LogP contribution is 2.04. The van der Waals surface area contributed by atoms with E-state index in [4.69, 9.17) is 5.41 Å². The van der Waals surface area contributed by atoms with Crippen LogP contribution in [0.4, 0.5) is 0 Å². The van der Waals surface area contributed by atoms with Crippen molar-refractivity contribution < 1.29 is 0 Å². The van der Waals surface area contributed by atoms with Gasteiger partial charge in [-0.3, -0.25) is 0 Å². The van der Waals surface area contributed by atoms with Gasteiger partial charge in [-0.05, 0) is 48.5 Å². The Hall–Kier alpha value is -0.100. The van der Waals surface area contributed by atoms with Gasteiger partial charge < -0.3 is 16.0 Å². The van der Waals surface area contributed by atoms with Crippen LogP contribution in [0.25, 0.3) is 0 Å². The van der Waals surface area contributed by atoms with E-state index in [1.54, 1.807) is 0 Å². The second-order valence-corrected chi connectivity index (χ2v) is 4.11. The Balaban J connectivity index is 2.25. The topological polar surface area (TPSA) is 47.9 Å². The van der Waals surface area contributed by atoms with Crippen LogP contribution in [0.5, 0.6) is 0 Å². The van der Waals surface area contributed by atoms with E-state index in [1.165, 1.54) is 19.1 Å². The summed E-state index contributed by atoms with van der Waals surface area (Å²) in [6.07, 6.45) is 5.63. The molecule has 0 amide bonds. The van der Waals surface area contributed by atoms with Crippen molar-refractivity contribution in [3.8, 4) is 0 Å². The number of hydrogen-bond donors (Lipinski definition) is 3. The summed E-state index contributed by atoms with van der Waals surface area (Å²) in [5.41, 5.74) is 0. The zero-order chi connectivity index (χ0) is 8.81. The maximum Gasteiger partial charge on any atom is 0.0462 e. The van der Waals surface area contributed by atoms with Crippen LogP contribution in [0, 0.1) is 5.41 Å². The molecule has 1 heterocycles. The van der Waals surface area contributed by atoms with Crippen molar-refractivity contribution >= 4 is 28.8 Å². The van der Waals surface area contributed by atoms with Crippen LogP contribution in [0.15, 0.2) is 9.78 Å². The smallest absolute Gasteiger partial charge is 0.0462 e. The Morgan fingerprint density at radius 1 is 1.50 bits per heavy atom. The summed E-state index contributed by atoms with van der Waals surface area (Å²) in [4.78, 5) is 0. The monoisotopic (exact) mass is 279 g/mol. The lowest BCUT2D eigenvalue weighted by atomic mass is 10.1. The maximum absolute atomic E-state index is 6.97. The van der Waals surface area contributed by atoms with E-state index < -0.39 is 0 Å². The van der Waals surface area contributed by atoms with Gasteiger partial charge >= 0.3 is 0 Å². The first-order chi connectivity index (χ1) is 5.83. The molecule has 1 saturated heterocycles. The van der Waals surface area contributed by atoms with Crippen LogP contribution < -0.4 is 10.6 Å². The second-order valence-electron chi connectivity index (χ2n) is 2.86. The van der Waals surface area contributed by atoms with Crippen LogP contribution >= 0.6 is 22.6 Å². The molecule has 0 atom stereocenters. The molecule has 3 nitrogen and oxygen atoms in total. The van der Waals surface area contributed by atoms with Crippen LogP contribution in [0.3, 0.4) is 0 Å². The molecule has 68 valence electrons. The predicted molar refractivity (Wildman–Crippen MR) is 59.9 cm³/mol. The number of piperidine rings is 1. The number of allylic oxidation sites excluding steroid dienone is 1. The summed E-state index contributed by atoms with van der Waals surface area (Å²) < 4.78 is 0.950. The van der Waals surface area contributed by atoms with Gasteiger partial charge in [-0.2, -0.15) is 0 Å². The van der Waals surface area contributed by atoms with Crippen molar-refractivity contribution in [3.05, 3.63) is 9.78 Å². The highest BCUT2D eigenvalue weighted by molar-refractivity contribution is 14.1. The van der Waals surface area contributed by atoms with Gasteiger partial charge in [-0.25, -0.2) is 0 Å². The fraction of sp³-hybridized carbons (Fsp3) is 0.625. The van der Waals surface area contributed by atoms with Gasteiger partial charge in [0.05, 0.1) is 0 Å². The lowest BCUT2D eigenvalue weighted by Gasteiger charge is -2.22. The quantitative estimate of drug-likeness (QED) is 0.538. The lowest BCUT2D eigenvalue weighted by Crippen LogP contribution is -2.37. The van der Waals surface area contributed by atoms with Crippen LogP contribution in [0.1, 0.15) is 12.8 Å². The van der Waals surface area contributed by atoms with E-state index in [1.807, 2.05) is 6.20 Å². The number of nitrogens with one attached hydrogen (secondary N) is 3. The Kier molecular flexibility index (Phi) is 4.60. The van der Waals surface area contributed by atoms with E-state index in [9.17, 15) is 0 Å². The summed E-state index contributed by atoms with van der Waals surface area (Å²) in [6, 6.07) is 0.593. The molecule has 3 N–H and O–H groups in total.